The molecule has 3 aromatic rings. The molecule has 3 aromatic carbocycles. The van der Waals surface area contributed by atoms with E-state index in [1.807, 2.05) is 36.4 Å². The lowest BCUT2D eigenvalue weighted by molar-refractivity contribution is -0.139. The van der Waals surface area contributed by atoms with Crippen molar-refractivity contribution in [1.29, 1.82) is 0 Å². The van der Waals surface area contributed by atoms with Crippen LogP contribution in [0.3, 0.4) is 0 Å². The van der Waals surface area contributed by atoms with Gasteiger partial charge in [0.15, 0.2) is 11.5 Å². The van der Waals surface area contributed by atoms with E-state index in [0.29, 0.717) is 17.2 Å². The number of anilines is 1. The molecule has 0 aliphatic carbocycles. The van der Waals surface area contributed by atoms with Crippen LogP contribution in [0.15, 0.2) is 72.8 Å². The second-order valence-corrected chi connectivity index (χ2v) is 11.3. The van der Waals surface area contributed by atoms with E-state index < -0.39 is 28.5 Å². The van der Waals surface area contributed by atoms with Crippen LogP contribution < -0.4 is 23.8 Å². The van der Waals surface area contributed by atoms with E-state index in [9.17, 15) is 18.0 Å². The predicted molar refractivity (Wildman–Crippen MR) is 151 cm³/mol. The standard InChI is InChI=1S/C29H33N3O7S/c1-4-40(35,36)32(23-13-14-26-27(17-23)39-20-38-26)19-28(33)31(18-22-11-8-12-24(15-22)37-3)25(29(34)30-2)16-21-9-6-5-7-10-21/h5-15,17,25H,4,16,18-20H2,1-3H3,(H,30,34)/t25-/m1/s1. The van der Waals surface area contributed by atoms with Gasteiger partial charge in [0.25, 0.3) is 0 Å². The van der Waals surface area contributed by atoms with Crippen molar-refractivity contribution in [3.8, 4) is 17.2 Å². The molecule has 1 N–H and O–H groups in total. The lowest BCUT2D eigenvalue weighted by atomic mass is 10.0. The van der Waals surface area contributed by atoms with Gasteiger partial charge in [0.05, 0.1) is 18.6 Å². The monoisotopic (exact) mass is 567 g/mol. The Balaban J connectivity index is 1.73. The fourth-order valence-corrected chi connectivity index (χ4v) is 5.50. The maximum atomic E-state index is 14.1. The summed E-state index contributed by atoms with van der Waals surface area (Å²) in [5.74, 6) is 0.344. The van der Waals surface area contributed by atoms with Gasteiger partial charge in [-0.3, -0.25) is 13.9 Å². The molecule has 0 unspecified atom stereocenters. The maximum absolute atomic E-state index is 14.1. The number of nitrogens with zero attached hydrogens (tertiary/aromatic N) is 2. The number of ether oxygens (including phenoxy) is 3. The summed E-state index contributed by atoms with van der Waals surface area (Å²) in [4.78, 5) is 28.7. The van der Waals surface area contributed by atoms with Crippen molar-refractivity contribution >= 4 is 27.5 Å². The van der Waals surface area contributed by atoms with Crippen molar-refractivity contribution < 1.29 is 32.2 Å². The topological polar surface area (TPSA) is 114 Å². The quantitative estimate of drug-likeness (QED) is 0.358. The van der Waals surface area contributed by atoms with Gasteiger partial charge >= 0.3 is 0 Å². The van der Waals surface area contributed by atoms with E-state index in [-0.39, 0.29) is 37.1 Å². The maximum Gasteiger partial charge on any atom is 0.244 e. The molecular weight excluding hydrogens is 534 g/mol. The van der Waals surface area contributed by atoms with Gasteiger partial charge in [-0.25, -0.2) is 8.42 Å². The van der Waals surface area contributed by atoms with Crippen molar-refractivity contribution in [2.45, 2.75) is 25.9 Å². The van der Waals surface area contributed by atoms with Crippen molar-refractivity contribution in [3.05, 3.63) is 83.9 Å². The third-order valence-electron chi connectivity index (χ3n) is 6.63. The highest BCUT2D eigenvalue weighted by molar-refractivity contribution is 7.92. The summed E-state index contributed by atoms with van der Waals surface area (Å²) in [5, 5.41) is 2.66. The van der Waals surface area contributed by atoms with Gasteiger partial charge in [0, 0.05) is 26.1 Å². The van der Waals surface area contributed by atoms with Crippen LogP contribution in [-0.2, 0) is 32.6 Å². The normalized spacial score (nSPS) is 12.9. The minimum Gasteiger partial charge on any atom is -0.497 e. The van der Waals surface area contributed by atoms with Crippen molar-refractivity contribution in [2.24, 2.45) is 0 Å². The molecule has 1 heterocycles. The van der Waals surface area contributed by atoms with E-state index in [1.54, 1.807) is 37.4 Å². The number of amides is 2. The number of carbonyl (C=O) groups excluding carboxylic acids is 2. The molecular formula is C29H33N3O7S. The van der Waals surface area contributed by atoms with Crippen LogP contribution in [0.2, 0.25) is 0 Å². The SMILES string of the molecule is CCS(=O)(=O)N(CC(=O)N(Cc1cccc(OC)c1)[C@H](Cc1ccccc1)C(=O)NC)c1ccc2c(c1)OCO2. The molecule has 40 heavy (non-hydrogen) atoms. The number of methoxy groups -OCH3 is 1. The van der Waals surface area contributed by atoms with Crippen LogP contribution in [-0.4, -0.2) is 64.4 Å². The second-order valence-electron chi connectivity index (χ2n) is 9.14. The number of likely N-dealkylation sites (N-methyl/N-ethyl adjacent to an activating group) is 1. The van der Waals surface area contributed by atoms with Crippen LogP contribution >= 0.6 is 0 Å². The van der Waals surface area contributed by atoms with Crippen molar-refractivity contribution in [1.82, 2.24) is 10.2 Å². The summed E-state index contributed by atoms with van der Waals surface area (Å²) in [6.07, 6.45) is 0.237. The number of hydrogen-bond donors (Lipinski definition) is 1. The zero-order chi connectivity index (χ0) is 28.7. The van der Waals surface area contributed by atoms with Gasteiger partial charge in [0.1, 0.15) is 18.3 Å². The Bertz CT molecular complexity index is 1450. The lowest BCUT2D eigenvalue weighted by Gasteiger charge is -2.33. The Morgan fingerprint density at radius 3 is 2.40 bits per heavy atom. The Kier molecular flexibility index (Phi) is 9.15. The molecule has 10 nitrogen and oxygen atoms in total. The molecule has 0 aromatic heterocycles. The highest BCUT2D eigenvalue weighted by atomic mass is 32.2. The highest BCUT2D eigenvalue weighted by Gasteiger charge is 2.33. The molecule has 0 saturated heterocycles. The molecule has 212 valence electrons. The van der Waals surface area contributed by atoms with E-state index in [4.69, 9.17) is 14.2 Å². The van der Waals surface area contributed by atoms with E-state index in [0.717, 1.165) is 15.4 Å². The summed E-state index contributed by atoms with van der Waals surface area (Å²) < 4.78 is 43.7. The summed E-state index contributed by atoms with van der Waals surface area (Å²) in [6.45, 7) is 1.08. The van der Waals surface area contributed by atoms with Gasteiger partial charge in [-0.1, -0.05) is 42.5 Å². The average Bonchev–Trinajstić information content (AvgIpc) is 3.45. The molecule has 11 heteroatoms. The number of rotatable bonds is 12. The number of benzene rings is 3. The van der Waals surface area contributed by atoms with Crippen LogP contribution in [0.5, 0.6) is 17.2 Å². The Morgan fingerprint density at radius 1 is 0.975 bits per heavy atom. The highest BCUT2D eigenvalue weighted by Crippen LogP contribution is 2.36. The molecule has 1 aliphatic rings. The number of carbonyl (C=O) groups is 2. The fourth-order valence-electron chi connectivity index (χ4n) is 4.45. The van der Waals surface area contributed by atoms with E-state index in [1.165, 1.54) is 24.9 Å². The van der Waals surface area contributed by atoms with Crippen molar-refractivity contribution in [3.63, 3.8) is 0 Å². The first-order valence-corrected chi connectivity index (χ1v) is 14.4. The first kappa shape index (κ1) is 28.8. The molecule has 0 bridgehead atoms. The van der Waals surface area contributed by atoms with Gasteiger partial charge in [-0.2, -0.15) is 0 Å². The van der Waals surface area contributed by atoms with Gasteiger partial charge < -0.3 is 24.4 Å². The van der Waals surface area contributed by atoms with Crippen LogP contribution in [0.4, 0.5) is 5.69 Å². The molecule has 4 rings (SSSR count). The third kappa shape index (κ3) is 6.66. The van der Waals surface area contributed by atoms with E-state index >= 15 is 0 Å². The predicted octanol–water partition coefficient (Wildman–Crippen LogP) is 2.97. The molecule has 0 radical (unpaired) electrons. The minimum absolute atomic E-state index is 0.0276. The van der Waals surface area contributed by atoms with Crippen LogP contribution in [0, 0.1) is 0 Å². The van der Waals surface area contributed by atoms with Gasteiger partial charge in [-0.15, -0.1) is 0 Å². The van der Waals surface area contributed by atoms with Crippen LogP contribution in [0.1, 0.15) is 18.1 Å². The summed E-state index contributed by atoms with van der Waals surface area (Å²) in [5.41, 5.74) is 1.84. The lowest BCUT2D eigenvalue weighted by Crippen LogP contribution is -2.53. The van der Waals surface area contributed by atoms with Gasteiger partial charge in [0.2, 0.25) is 28.6 Å². The molecule has 0 fully saturated rings. The smallest absolute Gasteiger partial charge is 0.244 e. The second kappa shape index (κ2) is 12.7. The molecule has 1 atom stereocenters. The first-order valence-electron chi connectivity index (χ1n) is 12.8. The van der Waals surface area contributed by atoms with Crippen LogP contribution in [0.25, 0.3) is 0 Å². The molecule has 0 spiro atoms. The number of sulfonamides is 1. The number of fused-ring (bicyclic) bond motifs is 1. The number of hydrogen-bond acceptors (Lipinski definition) is 7. The Morgan fingerprint density at radius 2 is 1.70 bits per heavy atom. The first-order chi connectivity index (χ1) is 19.2. The molecule has 2 amide bonds. The van der Waals surface area contributed by atoms with E-state index in [2.05, 4.69) is 5.32 Å². The summed E-state index contributed by atoms with van der Waals surface area (Å²) >= 11 is 0. The largest absolute Gasteiger partial charge is 0.497 e. The van der Waals surface area contributed by atoms with Crippen molar-refractivity contribution in [2.75, 3.05) is 37.6 Å². The Hall–Kier alpha value is -4.25. The summed E-state index contributed by atoms with van der Waals surface area (Å²) in [6, 6.07) is 20.3. The summed E-state index contributed by atoms with van der Waals surface area (Å²) in [7, 11) is -0.830. The zero-order valence-electron chi connectivity index (χ0n) is 22.7. The molecule has 0 saturated carbocycles. The number of nitrogens with one attached hydrogen (secondary N) is 1. The zero-order valence-corrected chi connectivity index (χ0v) is 23.5. The fraction of sp³-hybridized carbons (Fsp3) is 0.310. The molecule has 1 aliphatic heterocycles. The third-order valence-corrected chi connectivity index (χ3v) is 8.37. The van der Waals surface area contributed by atoms with Gasteiger partial charge in [-0.05, 0) is 42.3 Å². The minimum atomic E-state index is -3.88. The average molecular weight is 568 g/mol. The Labute approximate surface area is 234 Å².